The minimum atomic E-state index is -0.0804. The SMILES string of the molecule is N#CC1CN(C(=O)c2cc3ccc(-c4nccc(Nc5ccc(C6CNNC6)cc5)n4)cc3[nH]2)C1. The summed E-state index contributed by atoms with van der Waals surface area (Å²) >= 11 is 0. The molecule has 2 aliphatic rings. The molecule has 2 aromatic heterocycles. The normalized spacial score (nSPS) is 16.3. The van der Waals surface area contributed by atoms with Gasteiger partial charge in [-0.15, -0.1) is 0 Å². The monoisotopic (exact) mass is 464 g/mol. The Balaban J connectivity index is 1.19. The van der Waals surface area contributed by atoms with Crippen molar-refractivity contribution in [1.82, 2.24) is 30.7 Å². The molecule has 6 rings (SSSR count). The summed E-state index contributed by atoms with van der Waals surface area (Å²) in [6.45, 7) is 2.84. The van der Waals surface area contributed by atoms with E-state index in [1.54, 1.807) is 11.1 Å². The molecule has 4 aromatic rings. The average molecular weight is 465 g/mol. The Morgan fingerprint density at radius 1 is 1.06 bits per heavy atom. The lowest BCUT2D eigenvalue weighted by molar-refractivity contribution is 0.0572. The van der Waals surface area contributed by atoms with Crippen LogP contribution in [-0.2, 0) is 0 Å². The van der Waals surface area contributed by atoms with Crippen LogP contribution in [0.15, 0.2) is 60.8 Å². The highest BCUT2D eigenvalue weighted by Crippen LogP contribution is 2.26. The highest BCUT2D eigenvalue weighted by molar-refractivity contribution is 5.99. The third-order valence-electron chi connectivity index (χ3n) is 6.59. The second-order valence-electron chi connectivity index (χ2n) is 8.99. The van der Waals surface area contributed by atoms with Gasteiger partial charge in [-0.25, -0.2) is 9.97 Å². The van der Waals surface area contributed by atoms with E-state index in [1.807, 2.05) is 30.3 Å². The summed E-state index contributed by atoms with van der Waals surface area (Å²) < 4.78 is 0. The Bertz CT molecular complexity index is 1430. The van der Waals surface area contributed by atoms with Crippen molar-refractivity contribution in [2.75, 3.05) is 31.5 Å². The molecule has 0 radical (unpaired) electrons. The first-order valence-electron chi connectivity index (χ1n) is 11.6. The number of fused-ring (bicyclic) bond motifs is 1. The maximum Gasteiger partial charge on any atom is 0.270 e. The molecular formula is C26H24N8O. The fraction of sp³-hybridized carbons (Fsp3) is 0.231. The van der Waals surface area contributed by atoms with Gasteiger partial charge in [0.05, 0.1) is 12.0 Å². The second kappa shape index (κ2) is 8.83. The van der Waals surface area contributed by atoms with Gasteiger partial charge in [0.25, 0.3) is 5.91 Å². The number of nitrogens with zero attached hydrogens (tertiary/aromatic N) is 4. The third-order valence-corrected chi connectivity index (χ3v) is 6.59. The fourth-order valence-corrected chi connectivity index (χ4v) is 4.53. The van der Waals surface area contributed by atoms with E-state index in [9.17, 15) is 4.79 Å². The first-order chi connectivity index (χ1) is 17.2. The van der Waals surface area contributed by atoms with E-state index in [4.69, 9.17) is 10.2 Å². The number of aromatic amines is 1. The zero-order valence-electron chi connectivity index (χ0n) is 19.0. The van der Waals surface area contributed by atoms with E-state index < -0.39 is 0 Å². The van der Waals surface area contributed by atoms with Crippen molar-refractivity contribution in [1.29, 1.82) is 5.26 Å². The molecule has 4 heterocycles. The number of amides is 1. The maximum atomic E-state index is 12.7. The lowest BCUT2D eigenvalue weighted by Crippen LogP contribution is -2.49. The van der Waals surface area contributed by atoms with Gasteiger partial charge in [0.1, 0.15) is 11.5 Å². The predicted molar refractivity (Wildman–Crippen MR) is 133 cm³/mol. The number of anilines is 2. The van der Waals surface area contributed by atoms with Crippen molar-refractivity contribution in [3.63, 3.8) is 0 Å². The molecule has 2 fully saturated rings. The summed E-state index contributed by atoms with van der Waals surface area (Å²) in [5.41, 5.74) is 10.8. The van der Waals surface area contributed by atoms with Crippen LogP contribution in [0.5, 0.6) is 0 Å². The Morgan fingerprint density at radius 3 is 2.63 bits per heavy atom. The van der Waals surface area contributed by atoms with Crippen molar-refractivity contribution in [2.24, 2.45) is 5.92 Å². The first kappa shape index (κ1) is 21.3. The fourth-order valence-electron chi connectivity index (χ4n) is 4.53. The molecule has 0 spiro atoms. The number of H-pyrrole nitrogens is 1. The second-order valence-corrected chi connectivity index (χ2v) is 8.99. The number of nitrogens with one attached hydrogen (secondary N) is 4. The summed E-state index contributed by atoms with van der Waals surface area (Å²) in [5.74, 6) is 1.64. The van der Waals surface area contributed by atoms with Gasteiger partial charge in [-0.05, 0) is 35.9 Å². The number of aromatic nitrogens is 3. The van der Waals surface area contributed by atoms with Crippen LogP contribution >= 0.6 is 0 Å². The molecule has 0 saturated carbocycles. The van der Waals surface area contributed by atoms with Crippen LogP contribution in [0.1, 0.15) is 22.0 Å². The van der Waals surface area contributed by atoms with E-state index in [0.717, 1.165) is 35.2 Å². The van der Waals surface area contributed by atoms with Gasteiger partial charge in [-0.3, -0.25) is 15.6 Å². The van der Waals surface area contributed by atoms with Crippen LogP contribution in [0.2, 0.25) is 0 Å². The van der Waals surface area contributed by atoms with Crippen LogP contribution < -0.4 is 16.2 Å². The summed E-state index contributed by atoms with van der Waals surface area (Å²) in [6, 6.07) is 20.2. The van der Waals surface area contributed by atoms with Gasteiger partial charge in [0.15, 0.2) is 5.82 Å². The van der Waals surface area contributed by atoms with E-state index in [2.05, 4.69) is 56.5 Å². The standard InChI is InChI=1S/C26H24N8O/c27-11-16-14-34(15-16)26(35)23-9-18-1-2-19(10-22(18)32-23)25-28-8-7-24(33-25)31-21-5-3-17(4-6-21)20-12-29-30-13-20/h1-10,16,20,29-30,32H,12-15H2,(H,28,31,33). The summed E-state index contributed by atoms with van der Waals surface area (Å²) in [6.07, 6.45) is 1.73. The third kappa shape index (κ3) is 4.21. The van der Waals surface area contributed by atoms with Gasteiger partial charge < -0.3 is 15.2 Å². The molecule has 0 bridgehead atoms. The number of benzene rings is 2. The molecular weight excluding hydrogens is 440 g/mol. The van der Waals surface area contributed by atoms with Crippen LogP contribution in [0.25, 0.3) is 22.3 Å². The van der Waals surface area contributed by atoms with Crippen molar-refractivity contribution in [2.45, 2.75) is 5.92 Å². The average Bonchev–Trinajstić information content (AvgIpc) is 3.54. The van der Waals surface area contributed by atoms with Crippen molar-refractivity contribution in [3.05, 3.63) is 72.1 Å². The molecule has 9 heteroatoms. The van der Waals surface area contributed by atoms with Crippen LogP contribution in [0, 0.1) is 17.2 Å². The molecule has 0 unspecified atom stereocenters. The van der Waals surface area contributed by atoms with Crippen LogP contribution in [-0.4, -0.2) is 51.9 Å². The predicted octanol–water partition coefficient (Wildman–Crippen LogP) is 3.16. The van der Waals surface area contributed by atoms with E-state index in [0.29, 0.717) is 36.3 Å². The molecule has 9 nitrogen and oxygen atoms in total. The Kier molecular flexibility index (Phi) is 5.37. The molecule has 2 saturated heterocycles. The maximum absolute atomic E-state index is 12.7. The van der Waals surface area contributed by atoms with E-state index >= 15 is 0 Å². The number of carbonyl (C=O) groups excluding carboxylic acids is 1. The first-order valence-corrected chi connectivity index (χ1v) is 11.6. The Hall–Kier alpha value is -4.26. The Morgan fingerprint density at radius 2 is 1.86 bits per heavy atom. The van der Waals surface area contributed by atoms with Gasteiger partial charge in [-0.2, -0.15) is 5.26 Å². The Labute approximate surface area is 202 Å². The molecule has 2 aromatic carbocycles. The molecule has 35 heavy (non-hydrogen) atoms. The van der Waals surface area contributed by atoms with Gasteiger partial charge in [0, 0.05) is 60.4 Å². The number of likely N-dealkylation sites (tertiary alicyclic amines) is 1. The van der Waals surface area contributed by atoms with Crippen LogP contribution in [0.3, 0.4) is 0 Å². The number of hydrogen-bond acceptors (Lipinski definition) is 7. The highest BCUT2D eigenvalue weighted by Gasteiger charge is 2.31. The minimum absolute atomic E-state index is 0.0622. The van der Waals surface area contributed by atoms with Gasteiger partial charge in [-0.1, -0.05) is 24.3 Å². The zero-order chi connectivity index (χ0) is 23.8. The molecule has 0 aliphatic carbocycles. The largest absolute Gasteiger partial charge is 0.351 e. The lowest BCUT2D eigenvalue weighted by Gasteiger charge is -2.34. The topological polar surface area (TPSA) is 122 Å². The lowest BCUT2D eigenvalue weighted by atomic mass is 10.0. The number of carbonyl (C=O) groups is 1. The van der Waals surface area contributed by atoms with E-state index in [1.165, 1.54) is 5.56 Å². The molecule has 2 aliphatic heterocycles. The summed E-state index contributed by atoms with van der Waals surface area (Å²) in [7, 11) is 0. The molecule has 174 valence electrons. The highest BCUT2D eigenvalue weighted by atomic mass is 16.2. The van der Waals surface area contributed by atoms with Gasteiger partial charge in [0.2, 0.25) is 0 Å². The number of hydrazine groups is 1. The number of hydrogen-bond donors (Lipinski definition) is 4. The quantitative estimate of drug-likeness (QED) is 0.358. The van der Waals surface area contributed by atoms with Crippen molar-refractivity contribution >= 4 is 28.3 Å². The van der Waals surface area contributed by atoms with Crippen LogP contribution in [0.4, 0.5) is 11.5 Å². The number of rotatable bonds is 5. The summed E-state index contributed by atoms with van der Waals surface area (Å²) in [4.78, 5) is 26.7. The van der Waals surface area contributed by atoms with Gasteiger partial charge >= 0.3 is 0 Å². The van der Waals surface area contributed by atoms with E-state index in [-0.39, 0.29) is 11.8 Å². The van der Waals surface area contributed by atoms with Crippen molar-refractivity contribution in [3.8, 4) is 17.5 Å². The minimum Gasteiger partial charge on any atom is -0.351 e. The summed E-state index contributed by atoms with van der Waals surface area (Å²) in [5, 5.41) is 13.2. The molecule has 4 N–H and O–H groups in total. The molecule has 0 atom stereocenters. The molecule has 1 amide bonds. The smallest absolute Gasteiger partial charge is 0.270 e. The number of nitriles is 1. The zero-order valence-corrected chi connectivity index (χ0v) is 19.0. The van der Waals surface area contributed by atoms with Crippen molar-refractivity contribution < 1.29 is 4.79 Å².